The molecule has 132 valence electrons. The molecule has 0 saturated heterocycles. The molecule has 0 spiro atoms. The Labute approximate surface area is 112 Å². The van der Waals surface area contributed by atoms with E-state index in [0.717, 1.165) is 0 Å². The first kappa shape index (κ1) is 20.6. The number of hydrogen-bond acceptors (Lipinski definition) is 4. The van der Waals surface area contributed by atoms with Crippen LogP contribution in [0.25, 0.3) is 0 Å². The predicted octanol–water partition coefficient (Wildman–Crippen LogP) is 3.13. The molecule has 0 bridgehead atoms. The largest absolute Gasteiger partial charge is 0.527 e. The molecule has 0 aromatic carbocycles. The van der Waals surface area contributed by atoms with Crippen molar-refractivity contribution in [3.63, 3.8) is 0 Å². The zero-order valence-electron chi connectivity index (χ0n) is 9.79. The molecule has 0 saturated carbocycles. The van der Waals surface area contributed by atoms with Gasteiger partial charge in [0.1, 0.15) is 0 Å². The Bertz CT molecular complexity index is 414. The Hall–Kier alpha value is -1.38. The van der Waals surface area contributed by atoms with Crippen LogP contribution in [0.5, 0.6) is 0 Å². The number of methoxy groups -OCH3 is 1. The molecule has 1 atom stereocenters. The van der Waals surface area contributed by atoms with Crippen LogP contribution in [0.1, 0.15) is 0 Å². The van der Waals surface area contributed by atoms with Crippen LogP contribution in [0, 0.1) is 0 Å². The van der Waals surface area contributed by atoms with Gasteiger partial charge < -0.3 is 4.74 Å². The molecular formula is C7H3F11O4. The maximum atomic E-state index is 13.2. The molecular weight excluding hydrogens is 357 g/mol. The van der Waals surface area contributed by atoms with Gasteiger partial charge in [0.2, 0.25) is 0 Å². The summed E-state index contributed by atoms with van der Waals surface area (Å²) < 4.78 is 141. The van der Waals surface area contributed by atoms with Crippen molar-refractivity contribution >= 4 is 5.97 Å². The van der Waals surface area contributed by atoms with Crippen LogP contribution in [-0.4, -0.2) is 43.7 Å². The van der Waals surface area contributed by atoms with E-state index in [-0.39, 0.29) is 7.11 Å². The summed E-state index contributed by atoms with van der Waals surface area (Å²) in [6.45, 7) is 0. The summed E-state index contributed by atoms with van der Waals surface area (Å²) in [4.78, 5) is 10.5. The lowest BCUT2D eigenvalue weighted by atomic mass is 10.3. The fourth-order valence-corrected chi connectivity index (χ4v) is 0.787. The van der Waals surface area contributed by atoms with E-state index in [2.05, 4.69) is 4.74 Å². The van der Waals surface area contributed by atoms with Crippen LogP contribution in [0.4, 0.5) is 48.3 Å². The maximum absolute atomic E-state index is 13.2. The van der Waals surface area contributed by atoms with E-state index in [1.807, 2.05) is 4.74 Å². The summed E-state index contributed by atoms with van der Waals surface area (Å²) in [5.41, 5.74) is 0. The van der Waals surface area contributed by atoms with Gasteiger partial charge in [0, 0.05) is 0 Å². The monoisotopic (exact) mass is 360 g/mol. The number of carbonyl (C=O) groups is 1. The van der Waals surface area contributed by atoms with Gasteiger partial charge in [-0.1, -0.05) is 0 Å². The van der Waals surface area contributed by atoms with Gasteiger partial charge >= 0.3 is 36.6 Å². The normalized spacial score (nSPS) is 17.1. The Morgan fingerprint density at radius 2 is 1.09 bits per heavy atom. The Balaban J connectivity index is 5.67. The summed E-state index contributed by atoms with van der Waals surface area (Å²) in [5.74, 6) is -9.44. The van der Waals surface area contributed by atoms with E-state index in [1.165, 1.54) is 0 Å². The zero-order chi connectivity index (χ0) is 18.2. The molecule has 0 aromatic heterocycles. The van der Waals surface area contributed by atoms with Gasteiger partial charge in [0.05, 0.1) is 7.11 Å². The number of carbonyl (C=O) groups excluding carboxylic acids is 1. The van der Waals surface area contributed by atoms with Crippen molar-refractivity contribution < 1.29 is 67.3 Å². The van der Waals surface area contributed by atoms with Crippen molar-refractivity contribution in [2.75, 3.05) is 7.11 Å². The highest BCUT2D eigenvalue weighted by atomic mass is 19.4. The number of halogens is 11. The third-order valence-electron chi connectivity index (χ3n) is 1.66. The van der Waals surface area contributed by atoms with Crippen molar-refractivity contribution in [2.45, 2.75) is 30.6 Å². The second kappa shape index (κ2) is 5.68. The zero-order valence-corrected chi connectivity index (χ0v) is 9.79. The third-order valence-corrected chi connectivity index (χ3v) is 1.66. The van der Waals surface area contributed by atoms with Crippen LogP contribution in [0.15, 0.2) is 0 Å². The molecule has 1 unspecified atom stereocenters. The van der Waals surface area contributed by atoms with E-state index < -0.39 is 36.6 Å². The van der Waals surface area contributed by atoms with Crippen LogP contribution in [0.3, 0.4) is 0 Å². The highest BCUT2D eigenvalue weighted by Gasteiger charge is 2.75. The van der Waals surface area contributed by atoms with Crippen LogP contribution < -0.4 is 0 Å². The quantitative estimate of drug-likeness (QED) is 0.558. The minimum absolute atomic E-state index is 0.0360. The molecule has 0 radical (unpaired) electrons. The fourth-order valence-electron chi connectivity index (χ4n) is 0.787. The van der Waals surface area contributed by atoms with Gasteiger partial charge in [-0.2, -0.15) is 35.1 Å². The van der Waals surface area contributed by atoms with E-state index in [1.54, 1.807) is 4.74 Å². The molecule has 0 heterocycles. The molecule has 0 fully saturated rings. The number of rotatable bonds is 5. The first-order valence-electron chi connectivity index (χ1n) is 4.46. The Morgan fingerprint density at radius 3 is 1.36 bits per heavy atom. The Morgan fingerprint density at radius 1 is 0.727 bits per heavy atom. The number of alkyl halides is 11. The summed E-state index contributed by atoms with van der Waals surface area (Å²) in [5, 5.41) is 0. The second-order valence-corrected chi connectivity index (χ2v) is 3.27. The molecule has 0 aliphatic carbocycles. The van der Waals surface area contributed by atoms with E-state index in [9.17, 15) is 53.1 Å². The summed E-state index contributed by atoms with van der Waals surface area (Å²) in [6.07, 6.45) is -26.8. The molecule has 15 heteroatoms. The van der Waals surface area contributed by atoms with Crippen LogP contribution >= 0.6 is 0 Å². The summed E-state index contributed by atoms with van der Waals surface area (Å²) >= 11 is 0. The predicted molar refractivity (Wildman–Crippen MR) is 40.0 cm³/mol. The Kier molecular flexibility index (Phi) is 5.32. The van der Waals surface area contributed by atoms with Crippen molar-refractivity contribution in [1.82, 2.24) is 0 Å². The maximum Gasteiger partial charge on any atom is 0.527 e. The second-order valence-electron chi connectivity index (χ2n) is 3.27. The van der Waals surface area contributed by atoms with Gasteiger partial charge in [0.15, 0.2) is 0 Å². The number of hydrogen-bond donors (Lipinski definition) is 0. The van der Waals surface area contributed by atoms with Crippen LogP contribution in [0.2, 0.25) is 0 Å². The standard InChI is InChI=1S/C7H3F11O4/c1-20-2(19)3(8,4(9,10)11)21-5(12,13)6(14,15)22-7(16,17)18/h1H3. The third kappa shape index (κ3) is 4.31. The summed E-state index contributed by atoms with van der Waals surface area (Å²) in [6, 6.07) is 0. The van der Waals surface area contributed by atoms with Crippen molar-refractivity contribution in [3.8, 4) is 0 Å². The van der Waals surface area contributed by atoms with E-state index in [4.69, 9.17) is 0 Å². The number of ether oxygens (including phenoxy) is 3. The average molecular weight is 360 g/mol. The highest BCUT2D eigenvalue weighted by Crippen LogP contribution is 2.47. The van der Waals surface area contributed by atoms with Gasteiger partial charge in [-0.25, -0.2) is 9.53 Å². The topological polar surface area (TPSA) is 44.8 Å². The molecule has 0 aliphatic rings. The molecule has 4 nitrogen and oxygen atoms in total. The van der Waals surface area contributed by atoms with Gasteiger partial charge in [-0.05, 0) is 0 Å². The minimum Gasteiger partial charge on any atom is -0.465 e. The average Bonchev–Trinajstić information content (AvgIpc) is 2.21. The van der Waals surface area contributed by atoms with Crippen LogP contribution in [-0.2, 0) is 19.0 Å². The van der Waals surface area contributed by atoms with Gasteiger partial charge in [-0.3, -0.25) is 4.74 Å². The lowest BCUT2D eigenvalue weighted by Crippen LogP contribution is -2.59. The lowest BCUT2D eigenvalue weighted by molar-refractivity contribution is -0.528. The number of esters is 1. The molecule has 0 N–H and O–H groups in total. The molecule has 0 amide bonds. The van der Waals surface area contributed by atoms with Crippen molar-refractivity contribution in [3.05, 3.63) is 0 Å². The van der Waals surface area contributed by atoms with Crippen molar-refractivity contribution in [1.29, 1.82) is 0 Å². The molecule has 22 heavy (non-hydrogen) atoms. The van der Waals surface area contributed by atoms with Gasteiger partial charge in [-0.15, -0.1) is 13.2 Å². The molecule has 0 aromatic rings. The lowest BCUT2D eigenvalue weighted by Gasteiger charge is -2.32. The van der Waals surface area contributed by atoms with Crippen molar-refractivity contribution in [2.24, 2.45) is 0 Å². The van der Waals surface area contributed by atoms with E-state index in [0.29, 0.717) is 0 Å². The SMILES string of the molecule is COC(=O)C(F)(OC(F)(F)C(F)(F)OC(F)(F)F)C(F)(F)F. The first-order valence-corrected chi connectivity index (χ1v) is 4.46. The minimum atomic E-state index is -6.85. The summed E-state index contributed by atoms with van der Waals surface area (Å²) in [7, 11) is 0.0360. The molecule has 0 aliphatic heterocycles. The fraction of sp³-hybridized carbons (Fsp3) is 0.857. The van der Waals surface area contributed by atoms with E-state index >= 15 is 0 Å². The molecule has 0 rings (SSSR count). The first-order chi connectivity index (χ1) is 9.40. The highest BCUT2D eigenvalue weighted by molar-refractivity contribution is 5.78. The van der Waals surface area contributed by atoms with Gasteiger partial charge in [0.25, 0.3) is 0 Å². The smallest absolute Gasteiger partial charge is 0.465 e.